The van der Waals surface area contributed by atoms with Gasteiger partial charge in [0.25, 0.3) is 0 Å². The van der Waals surface area contributed by atoms with Crippen LogP contribution in [0.2, 0.25) is 0 Å². The van der Waals surface area contributed by atoms with Crippen molar-refractivity contribution in [1.29, 1.82) is 0 Å². The Morgan fingerprint density at radius 1 is 1.00 bits per heavy atom. The largest absolute Gasteiger partial charge is 0.487 e. The summed E-state index contributed by atoms with van der Waals surface area (Å²) in [4.78, 5) is 0. The Morgan fingerprint density at radius 3 is 2.10 bits per heavy atom. The zero-order chi connectivity index (χ0) is 14.8. The van der Waals surface area contributed by atoms with E-state index in [0.717, 1.165) is 0 Å². The van der Waals surface area contributed by atoms with Crippen molar-refractivity contribution in [3.8, 4) is 0 Å². The molecule has 0 aromatic heterocycles. The van der Waals surface area contributed by atoms with Crippen molar-refractivity contribution < 1.29 is 9.31 Å². The van der Waals surface area contributed by atoms with Gasteiger partial charge in [0.2, 0.25) is 0 Å². The van der Waals surface area contributed by atoms with Crippen molar-refractivity contribution >= 4 is 12.7 Å². The summed E-state index contributed by atoms with van der Waals surface area (Å²) in [6.07, 6.45) is 4.09. The van der Waals surface area contributed by atoms with Crippen LogP contribution in [0.3, 0.4) is 0 Å². The van der Waals surface area contributed by atoms with Crippen molar-refractivity contribution in [3.63, 3.8) is 0 Å². The minimum atomic E-state index is -0.278. The molecule has 0 saturated carbocycles. The zero-order valence-corrected chi connectivity index (χ0v) is 13.0. The maximum absolute atomic E-state index is 5.91. The molecule has 20 heavy (non-hydrogen) atoms. The number of benzene rings is 1. The number of allylic oxidation sites excluding steroid dienone is 3. The quantitative estimate of drug-likeness (QED) is 0.603. The Morgan fingerprint density at radius 2 is 1.55 bits per heavy atom. The number of hydrogen-bond donors (Lipinski definition) is 0. The summed E-state index contributed by atoms with van der Waals surface area (Å²) in [6, 6.07) is 10.3. The highest BCUT2D eigenvalue weighted by Crippen LogP contribution is 2.36. The molecule has 0 aliphatic carbocycles. The van der Waals surface area contributed by atoms with Gasteiger partial charge in [-0.05, 0) is 45.8 Å². The second kappa shape index (κ2) is 5.59. The van der Waals surface area contributed by atoms with E-state index in [1.807, 2.05) is 30.3 Å². The monoisotopic (exact) mass is 270 g/mol. The molecular formula is C17H23BO2. The van der Waals surface area contributed by atoms with Crippen LogP contribution in [-0.2, 0) is 9.31 Å². The summed E-state index contributed by atoms with van der Waals surface area (Å²) < 4.78 is 11.8. The Hall–Kier alpha value is -1.32. The van der Waals surface area contributed by atoms with Gasteiger partial charge in [0.15, 0.2) is 0 Å². The molecule has 0 unspecified atom stereocenters. The first-order valence-electron chi connectivity index (χ1n) is 7.08. The molecule has 1 aliphatic heterocycles. The lowest BCUT2D eigenvalue weighted by Gasteiger charge is -2.32. The first-order chi connectivity index (χ1) is 9.32. The van der Waals surface area contributed by atoms with E-state index in [1.54, 1.807) is 0 Å². The van der Waals surface area contributed by atoms with Crippen LogP contribution in [0.4, 0.5) is 0 Å². The van der Waals surface area contributed by atoms with Crippen LogP contribution in [0.1, 0.15) is 40.2 Å². The predicted molar refractivity (Wildman–Crippen MR) is 85.3 cm³/mol. The van der Waals surface area contributed by atoms with Crippen molar-refractivity contribution in [2.45, 2.75) is 45.8 Å². The van der Waals surface area contributed by atoms with Gasteiger partial charge >= 0.3 is 7.12 Å². The van der Waals surface area contributed by atoms with Crippen LogP contribution in [0.25, 0.3) is 5.57 Å². The fraction of sp³-hybridized carbons (Fsp3) is 0.412. The Kier molecular flexibility index (Phi) is 4.21. The first-order valence-corrected chi connectivity index (χ1v) is 7.08. The van der Waals surface area contributed by atoms with Crippen LogP contribution in [-0.4, -0.2) is 18.3 Å². The first kappa shape index (κ1) is 15.1. The molecule has 0 radical (unpaired) electrons. The highest BCUT2D eigenvalue weighted by Gasteiger charge is 2.49. The fourth-order valence-electron chi connectivity index (χ4n) is 2.06. The third-order valence-electron chi connectivity index (χ3n) is 4.12. The molecule has 1 aromatic carbocycles. The molecule has 0 atom stereocenters. The molecule has 0 N–H and O–H groups in total. The summed E-state index contributed by atoms with van der Waals surface area (Å²) >= 11 is 0. The van der Waals surface area contributed by atoms with E-state index in [9.17, 15) is 0 Å². The highest BCUT2D eigenvalue weighted by atomic mass is 16.7. The van der Waals surface area contributed by atoms with E-state index >= 15 is 0 Å². The lowest BCUT2D eigenvalue weighted by atomic mass is 9.90. The van der Waals surface area contributed by atoms with Crippen LogP contribution in [0.5, 0.6) is 0 Å². The van der Waals surface area contributed by atoms with Gasteiger partial charge < -0.3 is 9.31 Å². The second-order valence-electron chi connectivity index (χ2n) is 6.23. The summed E-state index contributed by atoms with van der Waals surface area (Å²) in [5.74, 6) is 1.96. The van der Waals surface area contributed by atoms with E-state index in [4.69, 9.17) is 9.31 Å². The van der Waals surface area contributed by atoms with Gasteiger partial charge in [-0.25, -0.2) is 0 Å². The van der Waals surface area contributed by atoms with Gasteiger partial charge in [-0.1, -0.05) is 48.5 Å². The Labute approximate surface area is 122 Å². The molecule has 2 nitrogen and oxygen atoms in total. The van der Waals surface area contributed by atoms with Crippen LogP contribution < -0.4 is 0 Å². The fourth-order valence-corrected chi connectivity index (χ4v) is 2.06. The smallest absolute Gasteiger partial charge is 0.400 e. The molecule has 3 heteroatoms. The second-order valence-corrected chi connectivity index (χ2v) is 6.23. The van der Waals surface area contributed by atoms with Gasteiger partial charge in [0.1, 0.15) is 0 Å². The van der Waals surface area contributed by atoms with E-state index in [2.05, 4.69) is 52.8 Å². The van der Waals surface area contributed by atoms with Gasteiger partial charge in [-0.2, -0.15) is 0 Å². The van der Waals surface area contributed by atoms with Gasteiger partial charge in [-0.3, -0.25) is 0 Å². The Balaban J connectivity index is 2.02. The lowest BCUT2D eigenvalue weighted by molar-refractivity contribution is 0.00578. The standard InChI is InChI=1S/C17H23BO2/c1-14(15-11-7-6-8-12-15)10-9-13-18-19-16(2,3)17(4,5)20-18/h6-13H,1-5H3/b13-9+,14-10+. The van der Waals surface area contributed by atoms with E-state index in [-0.39, 0.29) is 18.3 Å². The molecule has 0 amide bonds. The zero-order valence-electron chi connectivity index (χ0n) is 13.0. The van der Waals surface area contributed by atoms with E-state index < -0.39 is 0 Å². The third-order valence-corrected chi connectivity index (χ3v) is 4.12. The molecule has 1 heterocycles. The van der Waals surface area contributed by atoms with Crippen molar-refractivity contribution in [3.05, 3.63) is 54.0 Å². The van der Waals surface area contributed by atoms with Gasteiger partial charge in [-0.15, -0.1) is 0 Å². The van der Waals surface area contributed by atoms with Crippen molar-refractivity contribution in [2.75, 3.05) is 0 Å². The predicted octanol–water partition coefficient (Wildman–Crippen LogP) is 4.28. The maximum atomic E-state index is 5.91. The maximum Gasteiger partial charge on any atom is 0.487 e. The van der Waals surface area contributed by atoms with Crippen LogP contribution >= 0.6 is 0 Å². The molecule has 106 valence electrons. The van der Waals surface area contributed by atoms with Crippen molar-refractivity contribution in [2.24, 2.45) is 0 Å². The molecule has 0 spiro atoms. The van der Waals surface area contributed by atoms with Crippen molar-refractivity contribution in [1.82, 2.24) is 0 Å². The molecule has 1 fully saturated rings. The third kappa shape index (κ3) is 3.22. The molecule has 1 aromatic rings. The average molecular weight is 270 g/mol. The number of hydrogen-bond acceptors (Lipinski definition) is 2. The van der Waals surface area contributed by atoms with Crippen LogP contribution in [0, 0.1) is 0 Å². The van der Waals surface area contributed by atoms with Gasteiger partial charge in [0.05, 0.1) is 11.2 Å². The van der Waals surface area contributed by atoms with Crippen LogP contribution in [0.15, 0.2) is 48.5 Å². The Bertz CT molecular complexity index is 499. The highest BCUT2D eigenvalue weighted by molar-refractivity contribution is 6.51. The minimum Gasteiger partial charge on any atom is -0.400 e. The summed E-state index contributed by atoms with van der Waals surface area (Å²) in [5, 5.41) is 0. The lowest BCUT2D eigenvalue weighted by Crippen LogP contribution is -2.41. The van der Waals surface area contributed by atoms with Gasteiger partial charge in [0, 0.05) is 0 Å². The minimum absolute atomic E-state index is 0.278. The average Bonchev–Trinajstić information content (AvgIpc) is 2.58. The molecule has 1 aliphatic rings. The molecular weight excluding hydrogens is 247 g/mol. The molecule has 2 rings (SSSR count). The summed E-state index contributed by atoms with van der Waals surface area (Å²) in [5.41, 5.74) is 1.89. The topological polar surface area (TPSA) is 18.5 Å². The molecule has 1 saturated heterocycles. The normalized spacial score (nSPS) is 21.6. The summed E-state index contributed by atoms with van der Waals surface area (Å²) in [6.45, 7) is 10.3. The SMILES string of the molecule is C/C(=C\C=C\B1OC(C)(C)C(C)(C)O1)c1ccccc1. The summed E-state index contributed by atoms with van der Waals surface area (Å²) in [7, 11) is -0.278. The number of rotatable bonds is 3. The van der Waals surface area contributed by atoms with E-state index in [0.29, 0.717) is 0 Å². The van der Waals surface area contributed by atoms with E-state index in [1.165, 1.54) is 11.1 Å². The molecule has 0 bridgehead atoms.